The van der Waals surface area contributed by atoms with E-state index in [1.165, 1.54) is 6.08 Å². The molecule has 1 atom stereocenters. The standard InChI is InChI=1S/C23H20N2O3/c26-20(14-11-17-9-4-8-16-10-5-15-24-21(16)17)28-22(18-6-2-1-3-7-18)23(27)25-19-12-13-19/h1-11,14-15,19,22H,12-13H2,(H,25,27)/b14-11+. The van der Waals surface area contributed by atoms with Gasteiger partial charge in [0.05, 0.1) is 5.52 Å². The number of aromatic nitrogens is 1. The fraction of sp³-hybridized carbons (Fsp3) is 0.174. The highest BCUT2D eigenvalue weighted by Crippen LogP contribution is 2.23. The lowest BCUT2D eigenvalue weighted by molar-refractivity contribution is -0.151. The Balaban J connectivity index is 1.52. The number of esters is 1. The van der Waals surface area contributed by atoms with Gasteiger partial charge in [-0.2, -0.15) is 0 Å². The normalized spacial score (nSPS) is 14.7. The second-order valence-corrected chi connectivity index (χ2v) is 6.77. The first kappa shape index (κ1) is 17.9. The number of hydrogen-bond donors (Lipinski definition) is 1. The minimum atomic E-state index is -0.968. The van der Waals surface area contributed by atoms with E-state index in [-0.39, 0.29) is 11.9 Å². The molecule has 5 heteroatoms. The van der Waals surface area contributed by atoms with Crippen LogP contribution in [0.25, 0.3) is 17.0 Å². The molecule has 0 spiro atoms. The molecule has 1 aliphatic carbocycles. The maximum atomic E-state index is 12.6. The summed E-state index contributed by atoms with van der Waals surface area (Å²) in [5.41, 5.74) is 2.27. The molecule has 2 aromatic carbocycles. The van der Waals surface area contributed by atoms with E-state index in [1.54, 1.807) is 24.4 Å². The zero-order valence-electron chi connectivity index (χ0n) is 15.2. The minimum absolute atomic E-state index is 0.190. The average Bonchev–Trinajstić information content (AvgIpc) is 3.55. The summed E-state index contributed by atoms with van der Waals surface area (Å²) < 4.78 is 5.50. The Morgan fingerprint density at radius 2 is 1.82 bits per heavy atom. The van der Waals surface area contributed by atoms with Gasteiger partial charge in [-0.1, -0.05) is 54.6 Å². The number of para-hydroxylation sites is 1. The van der Waals surface area contributed by atoms with Crippen molar-refractivity contribution in [2.75, 3.05) is 0 Å². The van der Waals surface area contributed by atoms with Gasteiger partial charge < -0.3 is 10.1 Å². The summed E-state index contributed by atoms with van der Waals surface area (Å²) in [4.78, 5) is 29.4. The van der Waals surface area contributed by atoms with E-state index in [4.69, 9.17) is 4.74 Å². The molecule has 0 saturated heterocycles. The summed E-state index contributed by atoms with van der Waals surface area (Å²) in [5, 5.41) is 3.90. The zero-order chi connectivity index (χ0) is 19.3. The van der Waals surface area contributed by atoms with Crippen LogP contribution in [0.5, 0.6) is 0 Å². The molecule has 5 nitrogen and oxygen atoms in total. The number of pyridine rings is 1. The predicted molar refractivity (Wildman–Crippen MR) is 107 cm³/mol. The Morgan fingerprint density at radius 3 is 2.61 bits per heavy atom. The summed E-state index contributed by atoms with van der Waals surface area (Å²) in [7, 11) is 0. The van der Waals surface area contributed by atoms with Crippen LogP contribution < -0.4 is 5.32 Å². The second kappa shape index (κ2) is 8.05. The summed E-state index contributed by atoms with van der Waals surface area (Å²) >= 11 is 0. The number of hydrogen-bond acceptors (Lipinski definition) is 4. The van der Waals surface area contributed by atoms with Gasteiger partial charge in [0.25, 0.3) is 5.91 Å². The van der Waals surface area contributed by atoms with Gasteiger partial charge in [0, 0.05) is 34.8 Å². The highest BCUT2D eigenvalue weighted by molar-refractivity contribution is 5.94. The molecule has 1 aliphatic rings. The zero-order valence-corrected chi connectivity index (χ0v) is 15.2. The smallest absolute Gasteiger partial charge is 0.331 e. The Hall–Kier alpha value is -3.47. The van der Waals surface area contributed by atoms with Gasteiger partial charge in [-0.25, -0.2) is 4.79 Å². The number of nitrogens with zero attached hydrogens (tertiary/aromatic N) is 1. The van der Waals surface area contributed by atoms with Crippen LogP contribution in [0.2, 0.25) is 0 Å². The van der Waals surface area contributed by atoms with Crippen molar-refractivity contribution >= 4 is 28.9 Å². The molecular formula is C23H20N2O3. The van der Waals surface area contributed by atoms with E-state index in [0.29, 0.717) is 5.56 Å². The van der Waals surface area contributed by atoms with Crippen molar-refractivity contribution < 1.29 is 14.3 Å². The van der Waals surface area contributed by atoms with Gasteiger partial charge >= 0.3 is 5.97 Å². The van der Waals surface area contributed by atoms with Crippen LogP contribution in [0.3, 0.4) is 0 Å². The van der Waals surface area contributed by atoms with E-state index in [0.717, 1.165) is 29.3 Å². The van der Waals surface area contributed by atoms with E-state index >= 15 is 0 Å². The molecule has 3 aromatic rings. The summed E-state index contributed by atoms with van der Waals surface area (Å²) in [6.07, 6.45) is 5.68. The Labute approximate surface area is 163 Å². The average molecular weight is 372 g/mol. The van der Waals surface area contributed by atoms with E-state index < -0.39 is 12.1 Å². The fourth-order valence-electron chi connectivity index (χ4n) is 2.98. The number of carbonyl (C=O) groups excluding carboxylic acids is 2. The third-order valence-corrected chi connectivity index (χ3v) is 4.56. The molecule has 0 aliphatic heterocycles. The SMILES string of the molecule is O=C(/C=C/c1cccc2cccnc12)OC(C(=O)NC1CC1)c1ccccc1. The molecule has 1 aromatic heterocycles. The highest BCUT2D eigenvalue weighted by Gasteiger charge is 2.30. The van der Waals surface area contributed by atoms with Crippen molar-refractivity contribution in [3.05, 3.63) is 84.1 Å². The van der Waals surface area contributed by atoms with Crippen LogP contribution in [0.4, 0.5) is 0 Å². The lowest BCUT2D eigenvalue weighted by Crippen LogP contribution is -2.33. The van der Waals surface area contributed by atoms with Crippen LogP contribution in [0, 0.1) is 0 Å². The Bertz CT molecular complexity index is 1020. The van der Waals surface area contributed by atoms with Crippen LogP contribution >= 0.6 is 0 Å². The van der Waals surface area contributed by atoms with E-state index in [2.05, 4.69) is 10.3 Å². The summed E-state index contributed by atoms with van der Waals surface area (Å²) in [6, 6.07) is 18.8. The first-order chi connectivity index (χ1) is 13.7. The van der Waals surface area contributed by atoms with Gasteiger partial charge in [0.1, 0.15) is 0 Å². The number of carbonyl (C=O) groups is 2. The number of amides is 1. The topological polar surface area (TPSA) is 68.3 Å². The summed E-state index contributed by atoms with van der Waals surface area (Å²) in [6.45, 7) is 0. The molecule has 1 amide bonds. The third-order valence-electron chi connectivity index (χ3n) is 4.56. The largest absolute Gasteiger partial charge is 0.444 e. The number of rotatable bonds is 6. The van der Waals surface area contributed by atoms with Gasteiger partial charge in [-0.15, -0.1) is 0 Å². The predicted octanol–water partition coefficient (Wildman–Crippen LogP) is 3.81. The van der Waals surface area contributed by atoms with Gasteiger partial charge in [0.2, 0.25) is 6.10 Å². The monoisotopic (exact) mass is 372 g/mol. The van der Waals surface area contributed by atoms with Crippen molar-refractivity contribution in [1.82, 2.24) is 10.3 Å². The lowest BCUT2D eigenvalue weighted by atomic mass is 10.1. The molecular weight excluding hydrogens is 352 g/mol. The maximum absolute atomic E-state index is 12.6. The van der Waals surface area contributed by atoms with E-state index in [9.17, 15) is 9.59 Å². The Kier molecular flexibility index (Phi) is 5.15. The molecule has 4 rings (SSSR count). The lowest BCUT2D eigenvalue weighted by Gasteiger charge is -2.17. The molecule has 0 bridgehead atoms. The van der Waals surface area contributed by atoms with Gasteiger partial charge in [-0.3, -0.25) is 9.78 Å². The van der Waals surface area contributed by atoms with Crippen LogP contribution in [-0.2, 0) is 14.3 Å². The van der Waals surface area contributed by atoms with Crippen LogP contribution in [0.15, 0.2) is 72.9 Å². The van der Waals surface area contributed by atoms with Crippen LogP contribution in [-0.4, -0.2) is 22.9 Å². The maximum Gasteiger partial charge on any atom is 0.331 e. The molecule has 1 unspecified atom stereocenters. The molecule has 1 heterocycles. The van der Waals surface area contributed by atoms with Gasteiger partial charge in [0.15, 0.2) is 0 Å². The molecule has 1 saturated carbocycles. The quantitative estimate of drug-likeness (QED) is 0.528. The molecule has 140 valence electrons. The molecule has 1 N–H and O–H groups in total. The minimum Gasteiger partial charge on any atom is -0.444 e. The number of benzene rings is 2. The number of ether oxygens (including phenoxy) is 1. The Morgan fingerprint density at radius 1 is 1.04 bits per heavy atom. The summed E-state index contributed by atoms with van der Waals surface area (Å²) in [5.74, 6) is -0.866. The van der Waals surface area contributed by atoms with Gasteiger partial charge in [-0.05, 0) is 25.0 Å². The van der Waals surface area contributed by atoms with Crippen LogP contribution in [0.1, 0.15) is 30.1 Å². The number of nitrogens with one attached hydrogen (secondary N) is 1. The van der Waals surface area contributed by atoms with Crippen molar-refractivity contribution in [3.63, 3.8) is 0 Å². The van der Waals surface area contributed by atoms with Crippen molar-refractivity contribution in [2.24, 2.45) is 0 Å². The van der Waals surface area contributed by atoms with Crippen molar-refractivity contribution in [2.45, 2.75) is 25.0 Å². The third kappa shape index (κ3) is 4.26. The molecule has 0 radical (unpaired) electrons. The highest BCUT2D eigenvalue weighted by atomic mass is 16.5. The molecule has 1 fully saturated rings. The van der Waals surface area contributed by atoms with E-state index in [1.807, 2.05) is 48.5 Å². The van der Waals surface area contributed by atoms with Crippen molar-refractivity contribution in [3.8, 4) is 0 Å². The fourth-order valence-corrected chi connectivity index (χ4v) is 2.98. The van der Waals surface area contributed by atoms with Crippen molar-refractivity contribution in [1.29, 1.82) is 0 Å². The second-order valence-electron chi connectivity index (χ2n) is 6.77. The molecule has 28 heavy (non-hydrogen) atoms. The number of fused-ring (bicyclic) bond motifs is 1. The first-order valence-corrected chi connectivity index (χ1v) is 9.28. The first-order valence-electron chi connectivity index (χ1n) is 9.28.